The molecule has 1 N–H and O–H groups in total. The molecule has 11 heavy (non-hydrogen) atoms. The van der Waals surface area contributed by atoms with E-state index in [1.165, 1.54) is 22.3 Å². The Morgan fingerprint density at radius 1 is 1.64 bits per heavy atom. The van der Waals surface area contributed by atoms with Crippen molar-refractivity contribution in [3.05, 3.63) is 20.8 Å². The van der Waals surface area contributed by atoms with Gasteiger partial charge >= 0.3 is 0 Å². The zero-order valence-electron chi connectivity index (χ0n) is 5.84. The Bertz CT molecular complexity index is 234. The Hall–Kier alpha value is 0.430. The van der Waals surface area contributed by atoms with E-state index in [-0.39, 0.29) is 12.4 Å². The molecule has 1 aromatic rings. The highest BCUT2D eigenvalue weighted by molar-refractivity contribution is 9.10. The summed E-state index contributed by atoms with van der Waals surface area (Å²) >= 11 is 5.34. The van der Waals surface area contributed by atoms with Gasteiger partial charge in [0, 0.05) is 15.4 Å². The maximum absolute atomic E-state index is 3.51. The molecule has 0 spiro atoms. The molecule has 0 bridgehead atoms. The van der Waals surface area contributed by atoms with Gasteiger partial charge in [0.1, 0.15) is 0 Å². The minimum absolute atomic E-state index is 0. The lowest BCUT2D eigenvalue weighted by atomic mass is 10.1. The van der Waals surface area contributed by atoms with Crippen molar-refractivity contribution in [1.82, 2.24) is 5.32 Å². The maximum Gasteiger partial charge on any atom is 0.0438 e. The molecule has 1 aliphatic rings. The zero-order chi connectivity index (χ0) is 6.97. The Labute approximate surface area is 84.7 Å². The van der Waals surface area contributed by atoms with Crippen molar-refractivity contribution in [3.8, 4) is 0 Å². The molecule has 1 nitrogen and oxygen atoms in total. The minimum atomic E-state index is 0. The van der Waals surface area contributed by atoms with Gasteiger partial charge in [-0.3, -0.25) is 0 Å². The van der Waals surface area contributed by atoms with Crippen LogP contribution < -0.4 is 5.32 Å². The van der Waals surface area contributed by atoms with Crippen molar-refractivity contribution in [2.24, 2.45) is 0 Å². The molecule has 0 unspecified atom stereocenters. The van der Waals surface area contributed by atoms with Gasteiger partial charge in [0.05, 0.1) is 0 Å². The molecule has 0 saturated carbocycles. The molecule has 1 aliphatic heterocycles. The second kappa shape index (κ2) is 3.90. The van der Waals surface area contributed by atoms with Crippen LogP contribution in [0.1, 0.15) is 17.3 Å². The van der Waals surface area contributed by atoms with Crippen molar-refractivity contribution in [3.63, 3.8) is 0 Å². The largest absolute Gasteiger partial charge is 0.309 e. The summed E-state index contributed by atoms with van der Waals surface area (Å²) < 4.78 is 1.26. The quantitative estimate of drug-likeness (QED) is 0.812. The summed E-state index contributed by atoms with van der Waals surface area (Å²) in [5.74, 6) is 0. The summed E-state index contributed by atoms with van der Waals surface area (Å²) in [5, 5.41) is 5.49. The van der Waals surface area contributed by atoms with E-state index >= 15 is 0 Å². The predicted molar refractivity (Wildman–Crippen MR) is 54.6 cm³/mol. The SMILES string of the molecule is Brc1ccsc1[C@@H]1CCN1.Cl. The van der Waals surface area contributed by atoms with E-state index in [0.717, 1.165) is 0 Å². The van der Waals surface area contributed by atoms with Crippen LogP contribution >= 0.6 is 39.7 Å². The van der Waals surface area contributed by atoms with Crippen molar-refractivity contribution in [2.45, 2.75) is 12.5 Å². The topological polar surface area (TPSA) is 12.0 Å². The van der Waals surface area contributed by atoms with Gasteiger partial charge in [-0.05, 0) is 40.3 Å². The molecule has 2 rings (SSSR count). The lowest BCUT2D eigenvalue weighted by Crippen LogP contribution is -2.34. The average molecular weight is 255 g/mol. The minimum Gasteiger partial charge on any atom is -0.309 e. The van der Waals surface area contributed by atoms with E-state index in [4.69, 9.17) is 0 Å². The third kappa shape index (κ3) is 1.78. The number of nitrogens with one attached hydrogen (secondary N) is 1. The zero-order valence-corrected chi connectivity index (χ0v) is 9.06. The van der Waals surface area contributed by atoms with Crippen LogP contribution in [0.25, 0.3) is 0 Å². The van der Waals surface area contributed by atoms with Crippen LogP contribution in [0.3, 0.4) is 0 Å². The Balaban J connectivity index is 0.000000605. The summed E-state index contributed by atoms with van der Waals surface area (Å²) in [7, 11) is 0. The molecular weight excluding hydrogens is 246 g/mol. The first-order chi connectivity index (χ1) is 4.88. The molecule has 0 aliphatic carbocycles. The summed E-state index contributed by atoms with van der Waals surface area (Å²) in [5.41, 5.74) is 0. The van der Waals surface area contributed by atoms with Crippen LogP contribution in [0.5, 0.6) is 0 Å². The highest BCUT2D eigenvalue weighted by Crippen LogP contribution is 2.33. The Morgan fingerprint density at radius 2 is 2.36 bits per heavy atom. The molecule has 62 valence electrons. The number of thiophene rings is 1. The molecule has 2 heterocycles. The lowest BCUT2D eigenvalue weighted by Gasteiger charge is -2.26. The second-order valence-corrected chi connectivity index (χ2v) is 4.23. The van der Waals surface area contributed by atoms with Gasteiger partial charge in [-0.2, -0.15) is 0 Å². The lowest BCUT2D eigenvalue weighted by molar-refractivity contribution is 0.388. The molecule has 1 aromatic heterocycles. The molecule has 4 heteroatoms. The summed E-state index contributed by atoms with van der Waals surface area (Å²) in [6, 6.07) is 2.74. The van der Waals surface area contributed by atoms with Crippen molar-refractivity contribution < 1.29 is 0 Å². The van der Waals surface area contributed by atoms with E-state index in [9.17, 15) is 0 Å². The molecule has 1 saturated heterocycles. The van der Waals surface area contributed by atoms with Gasteiger partial charge in [0.25, 0.3) is 0 Å². The van der Waals surface area contributed by atoms with Crippen LogP contribution in [0, 0.1) is 0 Å². The van der Waals surface area contributed by atoms with Crippen LogP contribution in [-0.4, -0.2) is 6.54 Å². The van der Waals surface area contributed by atoms with Crippen LogP contribution in [0.15, 0.2) is 15.9 Å². The molecular formula is C7H9BrClNS. The monoisotopic (exact) mass is 253 g/mol. The Kier molecular flexibility index (Phi) is 3.37. The van der Waals surface area contributed by atoms with Gasteiger partial charge in [0.15, 0.2) is 0 Å². The van der Waals surface area contributed by atoms with Crippen LogP contribution in [0.4, 0.5) is 0 Å². The van der Waals surface area contributed by atoms with Gasteiger partial charge in [-0.1, -0.05) is 0 Å². The normalized spacial score (nSPS) is 22.1. The molecule has 0 radical (unpaired) electrons. The number of rotatable bonds is 1. The number of hydrogen-bond donors (Lipinski definition) is 1. The highest BCUT2D eigenvalue weighted by Gasteiger charge is 2.21. The standard InChI is InChI=1S/C7H8BrNS.ClH/c8-5-2-4-10-7(5)6-1-3-9-6;/h2,4,6,9H,1,3H2;1H/t6-;/m0./s1. The maximum atomic E-state index is 3.51. The van der Waals surface area contributed by atoms with Crippen molar-refractivity contribution >= 4 is 39.7 Å². The van der Waals surface area contributed by atoms with Gasteiger partial charge in [-0.25, -0.2) is 0 Å². The third-order valence-electron chi connectivity index (χ3n) is 1.79. The fourth-order valence-corrected chi connectivity index (χ4v) is 2.83. The highest BCUT2D eigenvalue weighted by atomic mass is 79.9. The second-order valence-electron chi connectivity index (χ2n) is 2.43. The average Bonchev–Trinajstić information content (AvgIpc) is 2.12. The van der Waals surface area contributed by atoms with Gasteiger partial charge in [-0.15, -0.1) is 23.7 Å². The molecule has 0 aromatic carbocycles. The van der Waals surface area contributed by atoms with E-state index in [2.05, 4.69) is 32.7 Å². The van der Waals surface area contributed by atoms with E-state index in [1.807, 2.05) is 11.3 Å². The Morgan fingerprint density at radius 3 is 2.73 bits per heavy atom. The first-order valence-electron chi connectivity index (χ1n) is 3.34. The molecule has 1 atom stereocenters. The first-order valence-corrected chi connectivity index (χ1v) is 5.01. The third-order valence-corrected chi connectivity index (χ3v) is 3.77. The fourth-order valence-electron chi connectivity index (χ4n) is 1.07. The predicted octanol–water partition coefficient (Wildman–Crippen LogP) is 2.97. The number of hydrogen-bond acceptors (Lipinski definition) is 2. The summed E-state index contributed by atoms with van der Waals surface area (Å²) in [6.45, 7) is 1.18. The van der Waals surface area contributed by atoms with Crippen LogP contribution in [0.2, 0.25) is 0 Å². The first kappa shape index (κ1) is 9.52. The van der Waals surface area contributed by atoms with Gasteiger partial charge in [0.2, 0.25) is 0 Å². The summed E-state index contributed by atoms with van der Waals surface area (Å²) in [4.78, 5) is 1.45. The number of halogens is 2. The van der Waals surface area contributed by atoms with E-state index in [1.54, 1.807) is 0 Å². The fraction of sp³-hybridized carbons (Fsp3) is 0.429. The van der Waals surface area contributed by atoms with E-state index < -0.39 is 0 Å². The van der Waals surface area contributed by atoms with E-state index in [0.29, 0.717) is 6.04 Å². The van der Waals surface area contributed by atoms with Crippen LogP contribution in [-0.2, 0) is 0 Å². The molecule has 1 fully saturated rings. The van der Waals surface area contributed by atoms with Crippen molar-refractivity contribution in [2.75, 3.05) is 6.54 Å². The van der Waals surface area contributed by atoms with Crippen molar-refractivity contribution in [1.29, 1.82) is 0 Å². The summed E-state index contributed by atoms with van der Waals surface area (Å²) in [6.07, 6.45) is 1.29. The molecule has 0 amide bonds. The van der Waals surface area contributed by atoms with Gasteiger partial charge < -0.3 is 5.32 Å². The smallest absolute Gasteiger partial charge is 0.0438 e.